The molecule has 2 aliphatic heterocycles. The summed E-state index contributed by atoms with van der Waals surface area (Å²) in [4.78, 5) is 36.0. The second-order valence-electron chi connectivity index (χ2n) is 7.46. The molecule has 8 nitrogen and oxygen atoms in total. The number of piperazine rings is 1. The highest BCUT2D eigenvalue weighted by atomic mass is 16.5. The van der Waals surface area contributed by atoms with Crippen LogP contribution >= 0.6 is 0 Å². The molecule has 0 N–H and O–H groups in total. The summed E-state index contributed by atoms with van der Waals surface area (Å²) >= 11 is 0. The first-order chi connectivity index (χ1) is 13.5. The molecule has 28 heavy (non-hydrogen) atoms. The first-order valence-electron chi connectivity index (χ1n) is 9.86. The van der Waals surface area contributed by atoms with Gasteiger partial charge in [-0.3, -0.25) is 9.59 Å². The quantitative estimate of drug-likeness (QED) is 0.791. The monoisotopic (exact) mass is 385 g/mol. The molecule has 0 bridgehead atoms. The first-order valence-corrected chi connectivity index (χ1v) is 9.86. The standard InChI is InChI=1S/C20H27N5O3/c1-4-16-19(27)22(2)7-8-25(16)18(26)14-5-6-17-15(13-14)21-20(23(17)3)24-9-11-28-12-10-24/h5-6,13,16H,4,7-12H2,1-3H3/t16-/m1/s1. The van der Waals surface area contributed by atoms with Gasteiger partial charge in [-0.1, -0.05) is 6.92 Å². The van der Waals surface area contributed by atoms with E-state index in [1.807, 2.05) is 32.2 Å². The number of imidazole rings is 1. The Morgan fingerprint density at radius 3 is 2.64 bits per heavy atom. The molecule has 2 aliphatic rings. The number of rotatable bonds is 3. The van der Waals surface area contributed by atoms with Gasteiger partial charge in [-0.05, 0) is 24.6 Å². The molecule has 2 amide bonds. The van der Waals surface area contributed by atoms with Crippen molar-refractivity contribution in [3.05, 3.63) is 23.8 Å². The molecule has 2 aromatic rings. The van der Waals surface area contributed by atoms with Gasteiger partial charge < -0.3 is 24.0 Å². The third kappa shape index (κ3) is 3.11. The fourth-order valence-electron chi connectivity index (χ4n) is 4.08. The van der Waals surface area contributed by atoms with Crippen LogP contribution in [-0.2, 0) is 16.6 Å². The molecule has 1 aromatic carbocycles. The minimum atomic E-state index is -0.394. The number of hydrogen-bond donors (Lipinski definition) is 0. The molecule has 0 saturated carbocycles. The highest BCUT2D eigenvalue weighted by molar-refractivity contribution is 6.00. The highest BCUT2D eigenvalue weighted by Crippen LogP contribution is 2.25. The molecule has 0 aliphatic carbocycles. The van der Waals surface area contributed by atoms with E-state index in [9.17, 15) is 9.59 Å². The molecule has 3 heterocycles. The second-order valence-corrected chi connectivity index (χ2v) is 7.46. The molecule has 1 atom stereocenters. The van der Waals surface area contributed by atoms with E-state index in [0.29, 0.717) is 38.3 Å². The van der Waals surface area contributed by atoms with Crippen LogP contribution in [0.5, 0.6) is 0 Å². The lowest BCUT2D eigenvalue weighted by Gasteiger charge is -2.38. The van der Waals surface area contributed by atoms with Gasteiger partial charge in [-0.2, -0.15) is 0 Å². The molecule has 2 fully saturated rings. The number of anilines is 1. The first kappa shape index (κ1) is 18.7. The van der Waals surface area contributed by atoms with Crippen LogP contribution in [0.1, 0.15) is 23.7 Å². The van der Waals surface area contributed by atoms with Crippen LogP contribution in [0.3, 0.4) is 0 Å². The lowest BCUT2D eigenvalue weighted by Crippen LogP contribution is -2.57. The van der Waals surface area contributed by atoms with Crippen molar-refractivity contribution in [3.63, 3.8) is 0 Å². The van der Waals surface area contributed by atoms with Crippen LogP contribution in [0.25, 0.3) is 11.0 Å². The predicted molar refractivity (Wildman–Crippen MR) is 106 cm³/mol. The zero-order valence-electron chi connectivity index (χ0n) is 16.7. The van der Waals surface area contributed by atoms with E-state index in [2.05, 4.69) is 9.47 Å². The third-order valence-corrected chi connectivity index (χ3v) is 5.76. The van der Waals surface area contributed by atoms with Crippen LogP contribution in [0.4, 0.5) is 5.95 Å². The number of ether oxygens (including phenoxy) is 1. The Labute approximate surface area is 164 Å². The predicted octanol–water partition coefficient (Wildman–Crippen LogP) is 1.10. The van der Waals surface area contributed by atoms with E-state index in [0.717, 1.165) is 30.1 Å². The number of amides is 2. The maximum absolute atomic E-state index is 13.2. The van der Waals surface area contributed by atoms with Crippen molar-refractivity contribution in [2.75, 3.05) is 51.3 Å². The topological polar surface area (TPSA) is 70.9 Å². The minimum Gasteiger partial charge on any atom is -0.378 e. The fourth-order valence-corrected chi connectivity index (χ4v) is 4.08. The molecule has 0 spiro atoms. The summed E-state index contributed by atoms with van der Waals surface area (Å²) in [6, 6.07) is 5.23. The molecular weight excluding hydrogens is 358 g/mol. The zero-order valence-corrected chi connectivity index (χ0v) is 16.7. The Balaban J connectivity index is 1.64. The van der Waals surface area contributed by atoms with Crippen LogP contribution in [0, 0.1) is 0 Å². The second kappa shape index (κ2) is 7.43. The molecule has 8 heteroatoms. The largest absolute Gasteiger partial charge is 0.378 e. The van der Waals surface area contributed by atoms with E-state index in [4.69, 9.17) is 9.72 Å². The SMILES string of the molecule is CC[C@@H]1C(=O)N(C)CCN1C(=O)c1ccc2c(c1)nc(N1CCOCC1)n2C. The average molecular weight is 385 g/mol. The van der Waals surface area contributed by atoms with Crippen LogP contribution < -0.4 is 4.90 Å². The van der Waals surface area contributed by atoms with Gasteiger partial charge in [0.25, 0.3) is 5.91 Å². The maximum atomic E-state index is 13.2. The normalized spacial score (nSPS) is 20.9. The molecule has 4 rings (SSSR count). The van der Waals surface area contributed by atoms with Gasteiger partial charge >= 0.3 is 0 Å². The number of carbonyl (C=O) groups is 2. The number of aryl methyl sites for hydroxylation is 1. The smallest absolute Gasteiger partial charge is 0.254 e. The summed E-state index contributed by atoms with van der Waals surface area (Å²) in [5.41, 5.74) is 2.36. The average Bonchev–Trinajstić information content (AvgIpc) is 3.06. The van der Waals surface area contributed by atoms with Crippen LogP contribution in [-0.4, -0.2) is 83.6 Å². The Bertz CT molecular complexity index is 903. The number of morpholine rings is 1. The van der Waals surface area contributed by atoms with Crippen molar-refractivity contribution in [1.29, 1.82) is 0 Å². The van der Waals surface area contributed by atoms with Crippen LogP contribution in [0.2, 0.25) is 0 Å². The summed E-state index contributed by atoms with van der Waals surface area (Å²) < 4.78 is 7.49. The van der Waals surface area contributed by atoms with Crippen molar-refractivity contribution >= 4 is 28.8 Å². The van der Waals surface area contributed by atoms with Gasteiger partial charge in [0.1, 0.15) is 6.04 Å². The Morgan fingerprint density at radius 1 is 1.18 bits per heavy atom. The van der Waals surface area contributed by atoms with Gasteiger partial charge in [-0.15, -0.1) is 0 Å². The number of fused-ring (bicyclic) bond motifs is 1. The number of likely N-dealkylation sites (N-methyl/N-ethyl adjacent to an activating group) is 1. The van der Waals surface area contributed by atoms with Gasteiger partial charge in [0, 0.05) is 45.8 Å². The molecule has 0 radical (unpaired) electrons. The summed E-state index contributed by atoms with van der Waals surface area (Å²) in [7, 11) is 3.79. The van der Waals surface area contributed by atoms with E-state index in [1.165, 1.54) is 0 Å². The number of nitrogens with zero attached hydrogens (tertiary/aromatic N) is 5. The van der Waals surface area contributed by atoms with E-state index in [1.54, 1.807) is 16.8 Å². The number of hydrogen-bond acceptors (Lipinski definition) is 5. The van der Waals surface area contributed by atoms with Crippen molar-refractivity contribution in [1.82, 2.24) is 19.4 Å². The van der Waals surface area contributed by atoms with E-state index >= 15 is 0 Å². The number of benzene rings is 1. The van der Waals surface area contributed by atoms with Gasteiger partial charge in [-0.25, -0.2) is 4.98 Å². The highest BCUT2D eigenvalue weighted by Gasteiger charge is 2.35. The summed E-state index contributed by atoms with van der Waals surface area (Å²) in [5, 5.41) is 0. The van der Waals surface area contributed by atoms with Crippen molar-refractivity contribution in [2.45, 2.75) is 19.4 Å². The fraction of sp³-hybridized carbons (Fsp3) is 0.550. The Morgan fingerprint density at radius 2 is 1.93 bits per heavy atom. The summed E-state index contributed by atoms with van der Waals surface area (Å²) in [6.07, 6.45) is 0.613. The molecule has 2 saturated heterocycles. The van der Waals surface area contributed by atoms with E-state index in [-0.39, 0.29) is 11.8 Å². The third-order valence-electron chi connectivity index (χ3n) is 5.76. The summed E-state index contributed by atoms with van der Waals surface area (Å²) in [6.45, 7) is 6.08. The number of carbonyl (C=O) groups excluding carboxylic acids is 2. The molecule has 0 unspecified atom stereocenters. The van der Waals surface area contributed by atoms with Crippen molar-refractivity contribution < 1.29 is 14.3 Å². The zero-order chi connectivity index (χ0) is 19.8. The van der Waals surface area contributed by atoms with Gasteiger partial charge in [0.05, 0.1) is 24.2 Å². The van der Waals surface area contributed by atoms with Crippen molar-refractivity contribution in [2.24, 2.45) is 7.05 Å². The van der Waals surface area contributed by atoms with Crippen molar-refractivity contribution in [3.8, 4) is 0 Å². The molecule has 150 valence electrons. The summed E-state index contributed by atoms with van der Waals surface area (Å²) in [5.74, 6) is 0.800. The Hall–Kier alpha value is -2.61. The Kier molecular flexibility index (Phi) is 4.97. The maximum Gasteiger partial charge on any atom is 0.254 e. The molecular formula is C20H27N5O3. The lowest BCUT2D eigenvalue weighted by molar-refractivity contribution is -0.138. The van der Waals surface area contributed by atoms with Gasteiger partial charge in [0.2, 0.25) is 11.9 Å². The van der Waals surface area contributed by atoms with Crippen LogP contribution in [0.15, 0.2) is 18.2 Å². The number of aromatic nitrogens is 2. The lowest BCUT2D eigenvalue weighted by atomic mass is 10.1. The van der Waals surface area contributed by atoms with Gasteiger partial charge in [0.15, 0.2) is 0 Å². The minimum absolute atomic E-state index is 0.00983. The molecule has 1 aromatic heterocycles. The van der Waals surface area contributed by atoms with E-state index < -0.39 is 6.04 Å².